The Labute approximate surface area is 173 Å². The van der Waals surface area contributed by atoms with Crippen LogP contribution in [-0.2, 0) is 19.5 Å². The van der Waals surface area contributed by atoms with Gasteiger partial charge in [-0.15, -0.1) is 11.3 Å². The van der Waals surface area contributed by atoms with E-state index >= 15 is 0 Å². The van der Waals surface area contributed by atoms with Gasteiger partial charge in [0.1, 0.15) is 10.7 Å². The summed E-state index contributed by atoms with van der Waals surface area (Å²) < 4.78 is 1.82. The number of rotatable bonds is 4. The molecule has 6 nitrogen and oxygen atoms in total. The Morgan fingerprint density at radius 1 is 1.21 bits per heavy atom. The number of benzene rings is 1. The van der Waals surface area contributed by atoms with E-state index in [9.17, 15) is 9.59 Å². The molecule has 0 atom stereocenters. The van der Waals surface area contributed by atoms with Gasteiger partial charge in [0.2, 0.25) is 0 Å². The second-order valence-electron chi connectivity index (χ2n) is 7.98. The summed E-state index contributed by atoms with van der Waals surface area (Å²) in [6.45, 7) is 5.06. The molecule has 2 aliphatic rings. The average molecular weight is 409 g/mol. The van der Waals surface area contributed by atoms with Crippen molar-refractivity contribution in [2.75, 3.05) is 13.1 Å². The summed E-state index contributed by atoms with van der Waals surface area (Å²) in [5, 5.41) is 3.64. The van der Waals surface area contributed by atoms with Crippen LogP contribution in [0.1, 0.15) is 39.5 Å². The molecule has 1 fully saturated rings. The van der Waals surface area contributed by atoms with Gasteiger partial charge in [0.05, 0.1) is 10.3 Å². The third-order valence-electron chi connectivity index (χ3n) is 5.79. The highest BCUT2D eigenvalue weighted by Crippen LogP contribution is 2.29. The minimum absolute atomic E-state index is 0.00853. The highest BCUT2D eigenvalue weighted by molar-refractivity contribution is 7.20. The molecule has 1 saturated carbocycles. The van der Waals surface area contributed by atoms with Gasteiger partial charge in [0.15, 0.2) is 0 Å². The fourth-order valence-corrected chi connectivity index (χ4v) is 5.08. The minimum Gasteiger partial charge on any atom is -0.349 e. The van der Waals surface area contributed by atoms with Gasteiger partial charge in [0, 0.05) is 38.6 Å². The van der Waals surface area contributed by atoms with Crippen molar-refractivity contribution < 1.29 is 4.79 Å². The van der Waals surface area contributed by atoms with Gasteiger partial charge in [0.25, 0.3) is 11.5 Å². The van der Waals surface area contributed by atoms with E-state index < -0.39 is 0 Å². The van der Waals surface area contributed by atoms with Crippen LogP contribution in [0.3, 0.4) is 0 Å². The van der Waals surface area contributed by atoms with Crippen molar-refractivity contribution in [1.82, 2.24) is 19.8 Å². The van der Waals surface area contributed by atoms with Crippen molar-refractivity contribution >= 4 is 27.5 Å². The summed E-state index contributed by atoms with van der Waals surface area (Å²) in [6, 6.07) is 10.7. The Kier molecular flexibility index (Phi) is 4.72. The number of fused-ring (bicyclic) bond motifs is 2. The third kappa shape index (κ3) is 3.60. The molecular weight excluding hydrogens is 384 g/mol. The Bertz CT molecular complexity index is 1130. The number of nitrogens with zero attached hydrogens (tertiary/aromatic N) is 3. The molecule has 3 aromatic rings. The van der Waals surface area contributed by atoms with Crippen molar-refractivity contribution in [3.05, 3.63) is 62.5 Å². The SMILES string of the molecule is Cc1c(C(=O)NC2CC2)sc2nc3n(c(=O)c12)CCN(Cc1ccccc1)CC3. The summed E-state index contributed by atoms with van der Waals surface area (Å²) in [4.78, 5) is 34.3. The Morgan fingerprint density at radius 2 is 2.00 bits per heavy atom. The van der Waals surface area contributed by atoms with Crippen LogP contribution in [0.25, 0.3) is 10.2 Å². The number of hydrogen-bond acceptors (Lipinski definition) is 5. The van der Waals surface area contributed by atoms with E-state index in [0.717, 1.165) is 50.3 Å². The highest BCUT2D eigenvalue weighted by atomic mass is 32.1. The molecule has 0 radical (unpaired) electrons. The molecule has 2 aromatic heterocycles. The van der Waals surface area contributed by atoms with Crippen LogP contribution in [0.4, 0.5) is 0 Å². The van der Waals surface area contributed by atoms with Crippen LogP contribution < -0.4 is 10.9 Å². The maximum Gasteiger partial charge on any atom is 0.262 e. The van der Waals surface area contributed by atoms with Gasteiger partial charge in [-0.05, 0) is 30.9 Å². The zero-order chi connectivity index (χ0) is 20.0. The Hall–Kier alpha value is -2.51. The number of carbonyl (C=O) groups is 1. The molecule has 0 bridgehead atoms. The molecule has 1 aliphatic heterocycles. The highest BCUT2D eigenvalue weighted by Gasteiger charge is 2.27. The second kappa shape index (κ2) is 7.39. The first-order chi connectivity index (χ1) is 14.1. The van der Waals surface area contributed by atoms with Crippen LogP contribution in [0, 0.1) is 6.92 Å². The zero-order valence-electron chi connectivity index (χ0n) is 16.5. The lowest BCUT2D eigenvalue weighted by atomic mass is 10.2. The fraction of sp³-hybridized carbons (Fsp3) is 0.409. The van der Waals surface area contributed by atoms with Gasteiger partial charge >= 0.3 is 0 Å². The third-order valence-corrected chi connectivity index (χ3v) is 6.97. The molecular formula is C22H24N4O2S. The molecule has 1 amide bonds. The largest absolute Gasteiger partial charge is 0.349 e. The minimum atomic E-state index is -0.0679. The summed E-state index contributed by atoms with van der Waals surface area (Å²) in [5.41, 5.74) is 2.04. The van der Waals surface area contributed by atoms with Gasteiger partial charge < -0.3 is 5.32 Å². The van der Waals surface area contributed by atoms with Crippen molar-refractivity contribution in [2.45, 2.75) is 45.3 Å². The van der Waals surface area contributed by atoms with E-state index in [-0.39, 0.29) is 11.5 Å². The molecule has 1 aromatic carbocycles. The second-order valence-corrected chi connectivity index (χ2v) is 8.98. The van der Waals surface area contributed by atoms with Crippen molar-refractivity contribution in [1.29, 1.82) is 0 Å². The monoisotopic (exact) mass is 408 g/mol. The number of aryl methyl sites for hydroxylation is 1. The van der Waals surface area contributed by atoms with E-state index in [4.69, 9.17) is 4.98 Å². The lowest BCUT2D eigenvalue weighted by Crippen LogP contribution is -2.29. The summed E-state index contributed by atoms with van der Waals surface area (Å²) >= 11 is 1.35. The fourth-order valence-electron chi connectivity index (χ4n) is 3.99. The van der Waals surface area contributed by atoms with Gasteiger partial charge in [-0.1, -0.05) is 30.3 Å². The lowest BCUT2D eigenvalue weighted by Gasteiger charge is -2.19. The number of amides is 1. The molecule has 5 rings (SSSR count). The molecule has 0 spiro atoms. The summed E-state index contributed by atoms with van der Waals surface area (Å²) in [5.74, 6) is 0.759. The van der Waals surface area contributed by atoms with Crippen LogP contribution in [0.15, 0.2) is 35.1 Å². The van der Waals surface area contributed by atoms with Crippen LogP contribution in [0.2, 0.25) is 0 Å². The quantitative estimate of drug-likeness (QED) is 0.721. The first kappa shape index (κ1) is 18.5. The smallest absolute Gasteiger partial charge is 0.262 e. The van der Waals surface area contributed by atoms with Crippen LogP contribution in [0.5, 0.6) is 0 Å². The predicted octanol–water partition coefficient (Wildman–Crippen LogP) is 2.72. The van der Waals surface area contributed by atoms with Gasteiger partial charge in [-0.2, -0.15) is 0 Å². The number of nitrogens with one attached hydrogen (secondary N) is 1. The van der Waals surface area contributed by atoms with E-state index in [2.05, 4.69) is 34.5 Å². The first-order valence-corrected chi connectivity index (χ1v) is 11.0. The van der Waals surface area contributed by atoms with E-state index in [0.29, 0.717) is 27.7 Å². The van der Waals surface area contributed by atoms with E-state index in [1.54, 1.807) is 0 Å². The molecule has 7 heteroatoms. The molecule has 0 saturated heterocycles. The number of thiophene rings is 1. The van der Waals surface area contributed by atoms with E-state index in [1.165, 1.54) is 16.9 Å². The predicted molar refractivity (Wildman–Crippen MR) is 115 cm³/mol. The van der Waals surface area contributed by atoms with Crippen molar-refractivity contribution in [3.8, 4) is 0 Å². The number of carbonyl (C=O) groups excluding carboxylic acids is 1. The van der Waals surface area contributed by atoms with Crippen molar-refractivity contribution in [3.63, 3.8) is 0 Å². The topological polar surface area (TPSA) is 67.2 Å². The molecule has 29 heavy (non-hydrogen) atoms. The normalized spacial score (nSPS) is 17.1. The van der Waals surface area contributed by atoms with Gasteiger partial charge in [-0.3, -0.25) is 19.1 Å². The molecule has 0 unspecified atom stereocenters. The van der Waals surface area contributed by atoms with Gasteiger partial charge in [-0.25, -0.2) is 4.98 Å². The molecule has 1 aliphatic carbocycles. The Morgan fingerprint density at radius 3 is 2.76 bits per heavy atom. The maximum atomic E-state index is 13.3. The van der Waals surface area contributed by atoms with Crippen LogP contribution in [-0.4, -0.2) is 39.5 Å². The molecule has 3 heterocycles. The first-order valence-electron chi connectivity index (χ1n) is 10.2. The summed E-state index contributed by atoms with van der Waals surface area (Å²) in [7, 11) is 0. The number of aromatic nitrogens is 2. The maximum absolute atomic E-state index is 13.3. The number of hydrogen-bond donors (Lipinski definition) is 1. The summed E-state index contributed by atoms with van der Waals surface area (Å²) in [6.07, 6.45) is 2.83. The van der Waals surface area contributed by atoms with E-state index in [1.807, 2.05) is 17.6 Å². The van der Waals surface area contributed by atoms with Crippen molar-refractivity contribution in [2.24, 2.45) is 0 Å². The standard InChI is InChI=1S/C22H24N4O2S/c1-14-18-21(29-19(14)20(27)23-16-7-8-16)24-17-9-10-25(11-12-26(17)22(18)28)13-15-5-3-2-4-6-15/h2-6,16H,7-13H2,1H3,(H,23,27). The average Bonchev–Trinajstić information content (AvgIpc) is 3.49. The van der Waals surface area contributed by atoms with Crippen LogP contribution >= 0.6 is 11.3 Å². The zero-order valence-corrected chi connectivity index (χ0v) is 17.3. The molecule has 150 valence electrons. The molecule has 1 N–H and O–H groups in total. The Balaban J connectivity index is 1.43. The lowest BCUT2D eigenvalue weighted by molar-refractivity contribution is 0.0954.